The Morgan fingerprint density at radius 3 is 2.50 bits per heavy atom. The van der Waals surface area contributed by atoms with Crippen LogP contribution >= 0.6 is 12.6 Å². The van der Waals surface area contributed by atoms with Crippen LogP contribution < -0.4 is 10.1 Å². The molecule has 6 heteroatoms. The van der Waals surface area contributed by atoms with E-state index in [2.05, 4.69) is 17.9 Å². The van der Waals surface area contributed by atoms with E-state index >= 15 is 0 Å². The summed E-state index contributed by atoms with van der Waals surface area (Å²) in [7, 11) is 1.46. The van der Waals surface area contributed by atoms with Crippen LogP contribution in [0.5, 0.6) is 5.75 Å². The van der Waals surface area contributed by atoms with E-state index in [1.165, 1.54) is 25.3 Å². The standard InChI is InChI=1S/C18H19NO4S/c1-23-16-8-7-13(18(21)22)10-15(16)19-17(20)14(11-24)9-12-5-3-2-4-6-12/h2-8,10,14,24H,9,11H2,1H3,(H,19,20)(H,21,22). The zero-order chi connectivity index (χ0) is 17.5. The molecule has 0 spiro atoms. The van der Waals surface area contributed by atoms with Gasteiger partial charge in [-0.15, -0.1) is 0 Å². The lowest BCUT2D eigenvalue weighted by atomic mass is 10.00. The van der Waals surface area contributed by atoms with E-state index < -0.39 is 5.97 Å². The second-order valence-electron chi connectivity index (χ2n) is 5.28. The number of ether oxygens (including phenoxy) is 1. The van der Waals surface area contributed by atoms with Crippen LogP contribution in [0.25, 0.3) is 0 Å². The van der Waals surface area contributed by atoms with Crippen LogP contribution in [0.15, 0.2) is 48.5 Å². The number of nitrogens with one attached hydrogen (secondary N) is 1. The van der Waals surface area contributed by atoms with E-state index in [9.17, 15) is 9.59 Å². The molecule has 0 aliphatic carbocycles. The van der Waals surface area contributed by atoms with Gasteiger partial charge in [0.05, 0.1) is 24.3 Å². The summed E-state index contributed by atoms with van der Waals surface area (Å²) in [6.45, 7) is 0. The summed E-state index contributed by atoms with van der Waals surface area (Å²) in [5.41, 5.74) is 1.46. The fraction of sp³-hybridized carbons (Fsp3) is 0.222. The average Bonchev–Trinajstić information content (AvgIpc) is 2.60. The van der Waals surface area contributed by atoms with Gasteiger partial charge >= 0.3 is 5.97 Å². The van der Waals surface area contributed by atoms with Gasteiger partial charge in [0.2, 0.25) is 5.91 Å². The van der Waals surface area contributed by atoms with Crippen LogP contribution in [-0.2, 0) is 11.2 Å². The largest absolute Gasteiger partial charge is 0.495 e. The first kappa shape index (κ1) is 17.9. The molecule has 2 aromatic rings. The Bertz CT molecular complexity index is 718. The normalized spacial score (nSPS) is 11.6. The highest BCUT2D eigenvalue weighted by Gasteiger charge is 2.19. The number of hydrogen-bond acceptors (Lipinski definition) is 4. The summed E-state index contributed by atoms with van der Waals surface area (Å²) in [4.78, 5) is 23.6. The second-order valence-corrected chi connectivity index (χ2v) is 5.64. The van der Waals surface area contributed by atoms with E-state index in [0.29, 0.717) is 23.6 Å². The minimum atomic E-state index is -1.07. The molecule has 5 nitrogen and oxygen atoms in total. The molecule has 24 heavy (non-hydrogen) atoms. The smallest absolute Gasteiger partial charge is 0.335 e. The Balaban J connectivity index is 2.17. The predicted octanol–water partition coefficient (Wildman–Crippen LogP) is 3.12. The average molecular weight is 345 g/mol. The second kappa shape index (κ2) is 8.40. The van der Waals surface area contributed by atoms with E-state index in [4.69, 9.17) is 9.84 Å². The fourth-order valence-electron chi connectivity index (χ4n) is 2.31. The topological polar surface area (TPSA) is 75.6 Å². The quantitative estimate of drug-likeness (QED) is 0.674. The van der Waals surface area contributed by atoms with Gasteiger partial charge < -0.3 is 15.2 Å². The van der Waals surface area contributed by atoms with Crippen molar-refractivity contribution < 1.29 is 19.4 Å². The number of carboxylic acids is 1. The van der Waals surface area contributed by atoms with Crippen molar-refractivity contribution in [3.05, 3.63) is 59.7 Å². The highest BCUT2D eigenvalue weighted by Crippen LogP contribution is 2.26. The molecule has 0 saturated heterocycles. The molecule has 0 saturated carbocycles. The number of rotatable bonds is 7. The van der Waals surface area contributed by atoms with Gasteiger partial charge in [-0.2, -0.15) is 12.6 Å². The Kier molecular flexibility index (Phi) is 6.26. The number of aromatic carboxylic acids is 1. The lowest BCUT2D eigenvalue weighted by Crippen LogP contribution is -2.26. The van der Waals surface area contributed by atoms with Crippen LogP contribution in [0.2, 0.25) is 0 Å². The number of benzene rings is 2. The van der Waals surface area contributed by atoms with Gasteiger partial charge in [-0.1, -0.05) is 30.3 Å². The molecule has 0 aromatic heterocycles. The SMILES string of the molecule is COc1ccc(C(=O)O)cc1NC(=O)C(CS)Cc1ccccc1. The van der Waals surface area contributed by atoms with Crippen molar-refractivity contribution in [3.63, 3.8) is 0 Å². The van der Waals surface area contributed by atoms with Crippen molar-refractivity contribution in [2.24, 2.45) is 5.92 Å². The van der Waals surface area contributed by atoms with Crippen molar-refractivity contribution in [3.8, 4) is 5.75 Å². The van der Waals surface area contributed by atoms with Crippen molar-refractivity contribution in [2.75, 3.05) is 18.2 Å². The molecule has 2 aromatic carbocycles. The lowest BCUT2D eigenvalue weighted by molar-refractivity contribution is -0.119. The molecule has 0 aliphatic rings. The maximum atomic E-state index is 12.5. The number of methoxy groups -OCH3 is 1. The van der Waals surface area contributed by atoms with Gasteiger partial charge in [0, 0.05) is 5.75 Å². The van der Waals surface area contributed by atoms with Gasteiger partial charge in [0.25, 0.3) is 0 Å². The monoisotopic (exact) mass is 345 g/mol. The predicted molar refractivity (Wildman–Crippen MR) is 96.1 cm³/mol. The molecular formula is C18H19NO4S. The summed E-state index contributed by atoms with van der Waals surface area (Å²) in [5, 5.41) is 11.8. The maximum Gasteiger partial charge on any atom is 0.335 e. The highest BCUT2D eigenvalue weighted by atomic mass is 32.1. The first-order valence-electron chi connectivity index (χ1n) is 7.42. The number of carbonyl (C=O) groups excluding carboxylic acids is 1. The van der Waals surface area contributed by atoms with Gasteiger partial charge in [-0.3, -0.25) is 4.79 Å². The lowest BCUT2D eigenvalue weighted by Gasteiger charge is -2.16. The van der Waals surface area contributed by atoms with Crippen LogP contribution in [0.1, 0.15) is 15.9 Å². The fourth-order valence-corrected chi connectivity index (χ4v) is 2.61. The van der Waals surface area contributed by atoms with Crippen molar-refractivity contribution in [1.29, 1.82) is 0 Å². The summed E-state index contributed by atoms with van der Waals surface area (Å²) < 4.78 is 5.19. The highest BCUT2D eigenvalue weighted by molar-refractivity contribution is 7.80. The number of carboxylic acid groups (broad SMARTS) is 1. The summed E-state index contributed by atoms with van der Waals surface area (Å²) >= 11 is 4.27. The first-order valence-corrected chi connectivity index (χ1v) is 8.05. The van der Waals surface area contributed by atoms with Crippen molar-refractivity contribution in [2.45, 2.75) is 6.42 Å². The first-order chi connectivity index (χ1) is 11.5. The number of amides is 1. The molecule has 1 unspecified atom stereocenters. The molecule has 0 heterocycles. The Morgan fingerprint density at radius 2 is 1.92 bits per heavy atom. The van der Waals surface area contributed by atoms with Gasteiger partial charge in [0.15, 0.2) is 0 Å². The number of carbonyl (C=O) groups is 2. The van der Waals surface area contributed by atoms with E-state index in [1.54, 1.807) is 0 Å². The third kappa shape index (κ3) is 4.52. The Labute approximate surface area is 146 Å². The van der Waals surface area contributed by atoms with Crippen LogP contribution in [0.4, 0.5) is 5.69 Å². The van der Waals surface area contributed by atoms with E-state index in [-0.39, 0.29) is 17.4 Å². The minimum absolute atomic E-state index is 0.0802. The molecule has 2 N–H and O–H groups in total. The van der Waals surface area contributed by atoms with Crippen molar-refractivity contribution >= 4 is 30.2 Å². The molecule has 1 atom stereocenters. The summed E-state index contributed by atoms with van der Waals surface area (Å²) in [5.74, 6) is -0.848. The summed E-state index contributed by atoms with van der Waals surface area (Å²) in [6, 6.07) is 14.0. The van der Waals surface area contributed by atoms with Crippen LogP contribution in [-0.4, -0.2) is 29.8 Å². The number of thiol groups is 1. The maximum absolute atomic E-state index is 12.5. The van der Waals surface area contributed by atoms with E-state index in [1.807, 2.05) is 30.3 Å². The molecule has 0 radical (unpaired) electrons. The van der Waals surface area contributed by atoms with Crippen LogP contribution in [0, 0.1) is 5.92 Å². The molecule has 1 amide bonds. The Morgan fingerprint density at radius 1 is 1.21 bits per heavy atom. The third-order valence-corrected chi connectivity index (χ3v) is 4.06. The molecular weight excluding hydrogens is 326 g/mol. The minimum Gasteiger partial charge on any atom is -0.495 e. The molecule has 0 bridgehead atoms. The molecule has 2 rings (SSSR count). The zero-order valence-corrected chi connectivity index (χ0v) is 14.1. The van der Waals surface area contributed by atoms with Gasteiger partial charge in [0.1, 0.15) is 5.75 Å². The summed E-state index contributed by atoms with van der Waals surface area (Å²) in [6.07, 6.45) is 0.553. The Hall–Kier alpha value is -2.47. The van der Waals surface area contributed by atoms with E-state index in [0.717, 1.165) is 5.56 Å². The molecule has 0 fully saturated rings. The molecule has 126 valence electrons. The van der Waals surface area contributed by atoms with Gasteiger partial charge in [-0.05, 0) is 30.2 Å². The van der Waals surface area contributed by atoms with Crippen molar-refractivity contribution in [1.82, 2.24) is 0 Å². The number of anilines is 1. The van der Waals surface area contributed by atoms with Crippen LogP contribution in [0.3, 0.4) is 0 Å². The third-order valence-electron chi connectivity index (χ3n) is 3.62. The number of hydrogen-bond donors (Lipinski definition) is 3. The zero-order valence-electron chi connectivity index (χ0n) is 13.2. The van der Waals surface area contributed by atoms with Gasteiger partial charge in [-0.25, -0.2) is 4.79 Å². The molecule has 0 aliphatic heterocycles.